The van der Waals surface area contributed by atoms with Crippen LogP contribution in [0.4, 0.5) is 5.69 Å². The average Bonchev–Trinajstić information content (AvgIpc) is 3.21. The first-order valence-corrected chi connectivity index (χ1v) is 10.5. The number of ether oxygens (including phenoxy) is 2. The van der Waals surface area contributed by atoms with Gasteiger partial charge in [-0.2, -0.15) is 5.26 Å². The Bertz CT molecular complexity index is 1090. The predicted molar refractivity (Wildman–Crippen MR) is 119 cm³/mol. The lowest BCUT2D eigenvalue weighted by atomic mass is 10.0. The third kappa shape index (κ3) is 4.24. The number of hydrogen-bond acceptors (Lipinski definition) is 5. The van der Waals surface area contributed by atoms with Gasteiger partial charge in [-0.15, -0.1) is 0 Å². The van der Waals surface area contributed by atoms with Crippen LogP contribution in [0.1, 0.15) is 35.7 Å². The first kappa shape index (κ1) is 20.2. The second kappa shape index (κ2) is 8.73. The molecule has 30 heavy (non-hydrogen) atoms. The van der Waals surface area contributed by atoms with Crippen LogP contribution in [0.25, 0.3) is 10.9 Å². The zero-order chi connectivity index (χ0) is 21.1. The smallest absolute Gasteiger partial charge is 0.119 e. The molecule has 4 rings (SSSR count). The van der Waals surface area contributed by atoms with Crippen molar-refractivity contribution >= 4 is 16.6 Å². The molecule has 154 valence electrons. The molecule has 0 spiro atoms. The molecule has 1 fully saturated rings. The van der Waals surface area contributed by atoms with Crippen LogP contribution >= 0.6 is 0 Å². The molecule has 0 N–H and O–H groups in total. The molecule has 5 heteroatoms. The maximum absolute atomic E-state index is 8.93. The molecule has 0 bridgehead atoms. The molecular formula is C25H27N3O2. The van der Waals surface area contributed by atoms with Crippen molar-refractivity contribution in [3.05, 3.63) is 64.8 Å². The molecule has 3 aromatic rings. The SMILES string of the molecule is CCOC1CCN(c2cc(C)nc3cc(COc4ccc(C#N)cc4)c(C)cc23)C1. The maximum atomic E-state index is 8.93. The van der Waals surface area contributed by atoms with Gasteiger partial charge < -0.3 is 14.4 Å². The fraction of sp³-hybridized carbons (Fsp3) is 0.360. The Labute approximate surface area is 177 Å². The van der Waals surface area contributed by atoms with E-state index in [0.29, 0.717) is 18.3 Å². The summed E-state index contributed by atoms with van der Waals surface area (Å²) in [5, 5.41) is 10.1. The lowest BCUT2D eigenvalue weighted by Gasteiger charge is -2.22. The van der Waals surface area contributed by atoms with Gasteiger partial charge in [-0.1, -0.05) is 0 Å². The van der Waals surface area contributed by atoms with Crippen molar-refractivity contribution < 1.29 is 9.47 Å². The molecule has 2 aromatic carbocycles. The van der Waals surface area contributed by atoms with Crippen molar-refractivity contribution in [3.63, 3.8) is 0 Å². The molecular weight excluding hydrogens is 374 g/mol. The number of nitriles is 1. The van der Waals surface area contributed by atoms with Gasteiger partial charge in [0.05, 0.1) is 23.3 Å². The van der Waals surface area contributed by atoms with E-state index in [0.717, 1.165) is 48.6 Å². The molecule has 1 aliphatic heterocycles. The summed E-state index contributed by atoms with van der Waals surface area (Å²) in [6, 6.07) is 15.9. The highest BCUT2D eigenvalue weighted by Crippen LogP contribution is 2.32. The van der Waals surface area contributed by atoms with E-state index in [9.17, 15) is 0 Å². The van der Waals surface area contributed by atoms with Crippen LogP contribution in [-0.4, -0.2) is 30.8 Å². The molecule has 1 unspecified atom stereocenters. The van der Waals surface area contributed by atoms with Crippen molar-refractivity contribution in [2.75, 3.05) is 24.6 Å². The number of rotatable bonds is 6. The Morgan fingerprint density at radius 2 is 1.97 bits per heavy atom. The number of fused-ring (bicyclic) bond motifs is 1. The molecule has 0 radical (unpaired) electrons. The van der Waals surface area contributed by atoms with E-state index in [2.05, 4.69) is 43.0 Å². The number of aryl methyl sites for hydroxylation is 2. The summed E-state index contributed by atoms with van der Waals surface area (Å²) < 4.78 is 11.8. The highest BCUT2D eigenvalue weighted by atomic mass is 16.5. The first-order chi connectivity index (χ1) is 14.6. The summed E-state index contributed by atoms with van der Waals surface area (Å²) in [6.07, 6.45) is 1.37. The highest BCUT2D eigenvalue weighted by Gasteiger charge is 2.24. The minimum Gasteiger partial charge on any atom is -0.489 e. The van der Waals surface area contributed by atoms with E-state index in [4.69, 9.17) is 19.7 Å². The van der Waals surface area contributed by atoms with Gasteiger partial charge in [-0.25, -0.2) is 0 Å². The zero-order valence-electron chi connectivity index (χ0n) is 17.8. The lowest BCUT2D eigenvalue weighted by Crippen LogP contribution is -2.23. The second-order valence-electron chi connectivity index (χ2n) is 7.82. The van der Waals surface area contributed by atoms with Crippen LogP contribution < -0.4 is 9.64 Å². The van der Waals surface area contributed by atoms with E-state index in [1.165, 1.54) is 16.6 Å². The monoisotopic (exact) mass is 401 g/mol. The lowest BCUT2D eigenvalue weighted by molar-refractivity contribution is 0.0788. The zero-order valence-corrected chi connectivity index (χ0v) is 17.8. The Kier molecular flexibility index (Phi) is 5.87. The molecule has 0 amide bonds. The summed E-state index contributed by atoms with van der Waals surface area (Å²) in [5.74, 6) is 0.755. The van der Waals surface area contributed by atoms with Crippen LogP contribution in [0.3, 0.4) is 0 Å². The van der Waals surface area contributed by atoms with E-state index in [-0.39, 0.29) is 0 Å². The summed E-state index contributed by atoms with van der Waals surface area (Å²) in [5.41, 5.74) is 6.18. The number of pyridine rings is 1. The van der Waals surface area contributed by atoms with E-state index >= 15 is 0 Å². The highest BCUT2D eigenvalue weighted by molar-refractivity contribution is 5.93. The molecule has 1 aliphatic rings. The molecule has 0 saturated carbocycles. The number of anilines is 1. The van der Waals surface area contributed by atoms with E-state index < -0.39 is 0 Å². The second-order valence-corrected chi connectivity index (χ2v) is 7.82. The van der Waals surface area contributed by atoms with Crippen molar-refractivity contribution in [1.29, 1.82) is 5.26 Å². The van der Waals surface area contributed by atoms with Gasteiger partial charge in [0.1, 0.15) is 12.4 Å². The Balaban J connectivity index is 1.59. The van der Waals surface area contributed by atoms with Gasteiger partial charge in [0.2, 0.25) is 0 Å². The fourth-order valence-electron chi connectivity index (χ4n) is 4.06. The van der Waals surface area contributed by atoms with Gasteiger partial charge in [0, 0.05) is 36.5 Å². The summed E-state index contributed by atoms with van der Waals surface area (Å²) >= 11 is 0. The van der Waals surface area contributed by atoms with Gasteiger partial charge in [-0.05, 0) is 80.8 Å². The van der Waals surface area contributed by atoms with Crippen LogP contribution in [0.15, 0.2) is 42.5 Å². The minimum absolute atomic E-state index is 0.305. The molecule has 1 saturated heterocycles. The van der Waals surface area contributed by atoms with Gasteiger partial charge in [0.15, 0.2) is 0 Å². The fourth-order valence-corrected chi connectivity index (χ4v) is 4.06. The Morgan fingerprint density at radius 3 is 2.70 bits per heavy atom. The normalized spacial score (nSPS) is 16.1. The number of benzene rings is 2. The third-order valence-corrected chi connectivity index (χ3v) is 5.64. The van der Waals surface area contributed by atoms with Crippen LogP contribution in [-0.2, 0) is 11.3 Å². The van der Waals surface area contributed by atoms with Crippen LogP contribution in [0.5, 0.6) is 5.75 Å². The molecule has 1 atom stereocenters. The van der Waals surface area contributed by atoms with Crippen molar-refractivity contribution in [1.82, 2.24) is 4.98 Å². The Hall–Kier alpha value is -3.10. The van der Waals surface area contributed by atoms with E-state index in [1.807, 2.05) is 19.1 Å². The van der Waals surface area contributed by atoms with Gasteiger partial charge in [0.25, 0.3) is 0 Å². The topological polar surface area (TPSA) is 58.4 Å². The minimum atomic E-state index is 0.305. The van der Waals surface area contributed by atoms with Crippen LogP contribution in [0, 0.1) is 25.2 Å². The van der Waals surface area contributed by atoms with Crippen molar-refractivity contribution in [2.24, 2.45) is 0 Å². The summed E-state index contributed by atoms with van der Waals surface area (Å²) in [6.45, 7) is 9.38. The molecule has 5 nitrogen and oxygen atoms in total. The molecule has 0 aliphatic carbocycles. The van der Waals surface area contributed by atoms with Crippen molar-refractivity contribution in [2.45, 2.75) is 39.9 Å². The van der Waals surface area contributed by atoms with Crippen molar-refractivity contribution in [3.8, 4) is 11.8 Å². The average molecular weight is 402 g/mol. The molecule has 1 aromatic heterocycles. The largest absolute Gasteiger partial charge is 0.489 e. The third-order valence-electron chi connectivity index (χ3n) is 5.64. The first-order valence-electron chi connectivity index (χ1n) is 10.5. The van der Waals surface area contributed by atoms with Gasteiger partial charge >= 0.3 is 0 Å². The predicted octanol–water partition coefficient (Wildman–Crippen LogP) is 4.92. The summed E-state index contributed by atoms with van der Waals surface area (Å²) in [7, 11) is 0. The number of nitrogens with zero attached hydrogens (tertiary/aromatic N) is 3. The quantitative estimate of drug-likeness (QED) is 0.587. The summed E-state index contributed by atoms with van der Waals surface area (Å²) in [4.78, 5) is 7.21. The number of aromatic nitrogens is 1. The molecule has 2 heterocycles. The Morgan fingerprint density at radius 1 is 1.17 bits per heavy atom. The van der Waals surface area contributed by atoms with Gasteiger partial charge in [-0.3, -0.25) is 4.98 Å². The maximum Gasteiger partial charge on any atom is 0.119 e. The van der Waals surface area contributed by atoms with E-state index in [1.54, 1.807) is 12.1 Å². The standard InChI is InChI=1S/C25H27N3O2/c1-4-29-22-9-10-28(15-22)25-12-18(3)27-24-13-20(17(2)11-23(24)25)16-30-21-7-5-19(14-26)6-8-21/h5-8,11-13,22H,4,9-10,15-16H2,1-3H3. The number of hydrogen-bond donors (Lipinski definition) is 0. The van der Waals surface area contributed by atoms with Crippen LogP contribution in [0.2, 0.25) is 0 Å².